The van der Waals surface area contributed by atoms with Crippen molar-refractivity contribution >= 4 is 29.5 Å². The number of phenolic OH excluding ortho intramolecular Hbond substituents is 1. The normalized spacial score (nSPS) is 14.6. The molecule has 0 aliphatic heterocycles. The third kappa shape index (κ3) is 7.74. The minimum atomic E-state index is -1.21. The van der Waals surface area contributed by atoms with Gasteiger partial charge in [-0.2, -0.15) is 0 Å². The summed E-state index contributed by atoms with van der Waals surface area (Å²) < 4.78 is 5.36. The molecule has 2 aromatic carbocycles. The van der Waals surface area contributed by atoms with Crippen LogP contribution in [0.5, 0.6) is 5.75 Å². The van der Waals surface area contributed by atoms with Gasteiger partial charge in [-0.3, -0.25) is 14.4 Å². The summed E-state index contributed by atoms with van der Waals surface area (Å²) in [7, 11) is 0. The lowest BCUT2D eigenvalue weighted by molar-refractivity contribution is -0.141. The number of hydrogen-bond donors (Lipinski definition) is 4. The van der Waals surface area contributed by atoms with Crippen molar-refractivity contribution in [1.29, 1.82) is 0 Å². The maximum absolute atomic E-state index is 14.2. The summed E-state index contributed by atoms with van der Waals surface area (Å²) in [6.07, 6.45) is 0.198. The fourth-order valence-electron chi connectivity index (χ4n) is 4.57. The smallest absolute Gasteiger partial charge is 0.408 e. The van der Waals surface area contributed by atoms with Gasteiger partial charge in [0.15, 0.2) is 0 Å². The number of nitrogens with one attached hydrogen (secondary N) is 2. The molecule has 0 aromatic heterocycles. The van der Waals surface area contributed by atoms with Gasteiger partial charge in [-0.05, 0) is 77.5 Å². The minimum absolute atomic E-state index is 0.0817. The lowest BCUT2D eigenvalue weighted by Gasteiger charge is -2.35. The number of primary amides is 1. The molecule has 1 fully saturated rings. The molecule has 10 heteroatoms. The Morgan fingerprint density at radius 2 is 1.60 bits per heavy atom. The van der Waals surface area contributed by atoms with Gasteiger partial charge in [0.25, 0.3) is 5.91 Å². The number of phenols is 1. The maximum atomic E-state index is 14.2. The van der Waals surface area contributed by atoms with Crippen LogP contribution in [-0.2, 0) is 19.1 Å². The summed E-state index contributed by atoms with van der Waals surface area (Å²) in [6.45, 7) is 10.5. The number of rotatable bonds is 10. The second kappa shape index (κ2) is 12.4. The van der Waals surface area contributed by atoms with Gasteiger partial charge in [0.2, 0.25) is 11.8 Å². The largest absolute Gasteiger partial charge is 0.507 e. The second-order valence-electron chi connectivity index (χ2n) is 11.4. The van der Waals surface area contributed by atoms with Crippen molar-refractivity contribution in [3.8, 4) is 5.75 Å². The summed E-state index contributed by atoms with van der Waals surface area (Å²) >= 11 is 0. The van der Waals surface area contributed by atoms with Gasteiger partial charge in [0.05, 0.1) is 0 Å². The lowest BCUT2D eigenvalue weighted by Crippen LogP contribution is -2.53. The van der Waals surface area contributed by atoms with E-state index >= 15 is 0 Å². The van der Waals surface area contributed by atoms with Gasteiger partial charge < -0.3 is 31.1 Å². The monoisotopic (exact) mass is 552 g/mol. The third-order valence-electron chi connectivity index (χ3n) is 6.68. The highest BCUT2D eigenvalue weighted by Gasteiger charge is 2.45. The summed E-state index contributed by atoms with van der Waals surface area (Å²) in [4.78, 5) is 54.0. The molecule has 3 rings (SSSR count). The van der Waals surface area contributed by atoms with Gasteiger partial charge in [-0.15, -0.1) is 0 Å². The number of benzene rings is 2. The van der Waals surface area contributed by atoms with E-state index in [2.05, 4.69) is 10.6 Å². The standard InChI is InChI=1S/C30H40N4O6/c1-17-9-7-10-18(2)24(17)33-27(37)25(21-12-8-11-19(3)26(21)36)34(20-13-14-20)28(38)22(15-16-23(31)35)32-29(39)40-30(4,5)6/h7-12,20,22,25,36H,13-16H2,1-6H3,(H2,31,35)(H,32,39)(H,33,37). The predicted octanol–water partition coefficient (Wildman–Crippen LogP) is 4.15. The second-order valence-corrected chi connectivity index (χ2v) is 11.4. The molecule has 4 amide bonds. The van der Waals surface area contributed by atoms with Gasteiger partial charge in [0, 0.05) is 23.7 Å². The van der Waals surface area contributed by atoms with Crippen LogP contribution in [0.2, 0.25) is 0 Å². The Morgan fingerprint density at radius 1 is 1.02 bits per heavy atom. The highest BCUT2D eigenvalue weighted by Crippen LogP contribution is 2.40. The van der Waals surface area contributed by atoms with Gasteiger partial charge >= 0.3 is 6.09 Å². The molecular formula is C30H40N4O6. The predicted molar refractivity (Wildman–Crippen MR) is 152 cm³/mol. The lowest BCUT2D eigenvalue weighted by atomic mass is 9.98. The number of nitrogens with two attached hydrogens (primary N) is 1. The number of ether oxygens (including phenoxy) is 1. The Labute approximate surface area is 235 Å². The number of aryl methyl sites for hydroxylation is 3. The highest BCUT2D eigenvalue weighted by molar-refractivity contribution is 6.00. The molecule has 0 bridgehead atoms. The maximum Gasteiger partial charge on any atom is 0.408 e. The number of anilines is 1. The van der Waals surface area contributed by atoms with Crippen LogP contribution in [0.3, 0.4) is 0 Å². The van der Waals surface area contributed by atoms with E-state index in [1.165, 1.54) is 4.90 Å². The quantitative estimate of drug-likeness (QED) is 0.348. The van der Waals surface area contributed by atoms with Crippen molar-refractivity contribution in [1.82, 2.24) is 10.2 Å². The molecular weight excluding hydrogens is 512 g/mol. The Balaban J connectivity index is 2.07. The van der Waals surface area contributed by atoms with Crippen LogP contribution < -0.4 is 16.4 Å². The number of amides is 4. The molecule has 1 aliphatic carbocycles. The molecule has 40 heavy (non-hydrogen) atoms. The number of alkyl carbamates (subject to hydrolysis) is 1. The molecule has 0 saturated heterocycles. The Morgan fingerprint density at radius 3 is 2.15 bits per heavy atom. The first-order chi connectivity index (χ1) is 18.7. The number of para-hydroxylation sites is 2. The van der Waals surface area contributed by atoms with E-state index in [9.17, 15) is 24.3 Å². The van der Waals surface area contributed by atoms with Crippen LogP contribution >= 0.6 is 0 Å². The van der Waals surface area contributed by atoms with Crippen LogP contribution in [0.15, 0.2) is 36.4 Å². The number of carbonyl (C=O) groups is 4. The van der Waals surface area contributed by atoms with Gasteiger partial charge in [0.1, 0.15) is 23.4 Å². The molecule has 2 aromatic rings. The highest BCUT2D eigenvalue weighted by atomic mass is 16.6. The fraction of sp³-hybridized carbons (Fsp3) is 0.467. The average Bonchev–Trinajstić information content (AvgIpc) is 3.68. The molecule has 10 nitrogen and oxygen atoms in total. The van der Waals surface area contributed by atoms with E-state index in [1.54, 1.807) is 45.9 Å². The zero-order chi connectivity index (χ0) is 29.8. The Bertz CT molecular complexity index is 1260. The first kappa shape index (κ1) is 30.5. The van der Waals surface area contributed by atoms with Crippen molar-refractivity contribution in [3.63, 3.8) is 0 Å². The molecule has 0 heterocycles. The topological polar surface area (TPSA) is 151 Å². The van der Waals surface area contributed by atoms with E-state index in [0.717, 1.165) is 11.1 Å². The molecule has 0 radical (unpaired) electrons. The summed E-state index contributed by atoms with van der Waals surface area (Å²) in [5.41, 5.74) is 7.65. The van der Waals surface area contributed by atoms with Crippen molar-refractivity contribution < 1.29 is 29.0 Å². The fourth-order valence-corrected chi connectivity index (χ4v) is 4.57. The molecule has 2 unspecified atom stereocenters. The van der Waals surface area contributed by atoms with Gasteiger partial charge in [-0.25, -0.2) is 4.79 Å². The first-order valence-corrected chi connectivity index (χ1v) is 13.4. The molecule has 0 spiro atoms. The summed E-state index contributed by atoms with van der Waals surface area (Å²) in [5, 5.41) is 16.6. The van der Waals surface area contributed by atoms with Crippen molar-refractivity contribution in [2.75, 3.05) is 5.32 Å². The molecule has 216 valence electrons. The van der Waals surface area contributed by atoms with E-state index < -0.39 is 41.5 Å². The molecule has 2 atom stereocenters. The number of aromatic hydroxyl groups is 1. The van der Waals surface area contributed by atoms with Crippen LogP contribution in [0.1, 0.15) is 74.8 Å². The Kier molecular flexibility index (Phi) is 9.44. The first-order valence-electron chi connectivity index (χ1n) is 13.4. The van der Waals surface area contributed by atoms with Crippen LogP contribution in [0.25, 0.3) is 0 Å². The zero-order valence-corrected chi connectivity index (χ0v) is 24.0. The average molecular weight is 553 g/mol. The van der Waals surface area contributed by atoms with Crippen molar-refractivity contribution in [2.45, 2.75) is 91.0 Å². The molecule has 5 N–H and O–H groups in total. The summed E-state index contributed by atoms with van der Waals surface area (Å²) in [5.74, 6) is -1.82. The van der Waals surface area contributed by atoms with Crippen molar-refractivity contribution in [3.05, 3.63) is 58.7 Å². The summed E-state index contributed by atoms with van der Waals surface area (Å²) in [6, 6.07) is 7.95. The SMILES string of the molecule is Cc1cccc(C(C(=O)Nc2c(C)cccc2C)N(C(=O)C(CCC(N)=O)NC(=O)OC(C)(C)C)C2CC2)c1O. The van der Waals surface area contributed by atoms with E-state index in [-0.39, 0.29) is 30.2 Å². The minimum Gasteiger partial charge on any atom is -0.507 e. The van der Waals surface area contributed by atoms with E-state index in [1.807, 2.05) is 32.0 Å². The zero-order valence-electron chi connectivity index (χ0n) is 24.0. The van der Waals surface area contributed by atoms with Crippen LogP contribution in [0.4, 0.5) is 10.5 Å². The van der Waals surface area contributed by atoms with Crippen LogP contribution in [-0.4, -0.2) is 51.5 Å². The van der Waals surface area contributed by atoms with Crippen molar-refractivity contribution in [2.24, 2.45) is 5.73 Å². The molecule has 1 saturated carbocycles. The van der Waals surface area contributed by atoms with E-state index in [4.69, 9.17) is 10.5 Å². The Hall–Kier alpha value is -4.08. The number of nitrogens with zero attached hydrogens (tertiary/aromatic N) is 1. The molecule has 1 aliphatic rings. The van der Waals surface area contributed by atoms with Crippen LogP contribution in [0, 0.1) is 20.8 Å². The third-order valence-corrected chi connectivity index (χ3v) is 6.68. The van der Waals surface area contributed by atoms with E-state index in [0.29, 0.717) is 24.1 Å². The number of carbonyl (C=O) groups excluding carboxylic acids is 4. The van der Waals surface area contributed by atoms with Gasteiger partial charge in [-0.1, -0.05) is 36.4 Å². The number of hydrogen-bond acceptors (Lipinski definition) is 6.